The Labute approximate surface area is 116 Å². The van der Waals surface area contributed by atoms with Crippen molar-refractivity contribution < 1.29 is 9.47 Å². The Morgan fingerprint density at radius 1 is 1.26 bits per heavy atom. The summed E-state index contributed by atoms with van der Waals surface area (Å²) in [6.45, 7) is 5.29. The van der Waals surface area contributed by atoms with Crippen LogP contribution >= 0.6 is 0 Å². The summed E-state index contributed by atoms with van der Waals surface area (Å²) in [6.07, 6.45) is 1.27. The van der Waals surface area contributed by atoms with Crippen LogP contribution in [0.5, 0.6) is 0 Å². The first-order valence-electron chi connectivity index (χ1n) is 7.21. The molecule has 0 aliphatic heterocycles. The normalized spacial score (nSPS) is 23.3. The van der Waals surface area contributed by atoms with E-state index in [1.54, 1.807) is 7.11 Å². The smallest absolute Gasteiger partial charge is 0.0701 e. The van der Waals surface area contributed by atoms with Crippen molar-refractivity contribution in [2.45, 2.75) is 25.3 Å². The third kappa shape index (κ3) is 4.30. The van der Waals surface area contributed by atoms with Crippen molar-refractivity contribution in [1.29, 1.82) is 0 Å². The molecule has 1 N–H and O–H groups in total. The largest absolute Gasteiger partial charge is 0.382 e. The van der Waals surface area contributed by atoms with Gasteiger partial charge in [0.25, 0.3) is 0 Å². The molecule has 1 fully saturated rings. The minimum Gasteiger partial charge on any atom is -0.382 e. The second kappa shape index (κ2) is 7.63. The highest BCUT2D eigenvalue weighted by Crippen LogP contribution is 2.49. The van der Waals surface area contributed by atoms with Crippen LogP contribution in [-0.2, 0) is 9.47 Å². The molecular weight excluding hydrogens is 238 g/mol. The standard InChI is InChI=1S/C16H25NO2/c1-3-17-16(12-19-10-9-18-2)15-11-14(15)13-7-5-4-6-8-13/h4-8,14-17H,3,9-12H2,1-2H3. The molecule has 1 aromatic rings. The summed E-state index contributed by atoms with van der Waals surface area (Å²) in [6, 6.07) is 11.3. The van der Waals surface area contributed by atoms with Gasteiger partial charge < -0.3 is 14.8 Å². The lowest BCUT2D eigenvalue weighted by molar-refractivity contribution is 0.0555. The molecule has 1 aromatic carbocycles. The van der Waals surface area contributed by atoms with E-state index in [4.69, 9.17) is 9.47 Å². The second-order valence-electron chi connectivity index (χ2n) is 5.15. The summed E-state index contributed by atoms with van der Waals surface area (Å²) in [4.78, 5) is 0. The van der Waals surface area contributed by atoms with Gasteiger partial charge in [-0.2, -0.15) is 0 Å². The maximum absolute atomic E-state index is 5.69. The number of hydrogen-bond donors (Lipinski definition) is 1. The average molecular weight is 263 g/mol. The van der Waals surface area contributed by atoms with Crippen LogP contribution in [0.3, 0.4) is 0 Å². The molecule has 0 amide bonds. The molecule has 0 spiro atoms. The number of nitrogens with one attached hydrogen (secondary N) is 1. The molecule has 3 unspecified atom stereocenters. The lowest BCUT2D eigenvalue weighted by atomic mass is 10.1. The second-order valence-corrected chi connectivity index (χ2v) is 5.15. The van der Waals surface area contributed by atoms with Crippen LogP contribution in [-0.4, -0.2) is 39.5 Å². The number of benzene rings is 1. The third-order valence-electron chi connectivity index (χ3n) is 3.78. The topological polar surface area (TPSA) is 30.5 Å². The summed E-state index contributed by atoms with van der Waals surface area (Å²) >= 11 is 0. The predicted octanol–water partition coefficient (Wildman–Crippen LogP) is 2.43. The van der Waals surface area contributed by atoms with E-state index in [0.717, 1.165) is 13.2 Å². The fourth-order valence-electron chi connectivity index (χ4n) is 2.69. The molecule has 19 heavy (non-hydrogen) atoms. The van der Waals surface area contributed by atoms with Crippen molar-refractivity contribution in [2.24, 2.45) is 5.92 Å². The summed E-state index contributed by atoms with van der Waals surface area (Å²) in [7, 11) is 1.71. The van der Waals surface area contributed by atoms with Crippen molar-refractivity contribution in [1.82, 2.24) is 5.32 Å². The lowest BCUT2D eigenvalue weighted by Gasteiger charge is -2.18. The lowest BCUT2D eigenvalue weighted by Crippen LogP contribution is -2.36. The van der Waals surface area contributed by atoms with Crippen molar-refractivity contribution in [3.8, 4) is 0 Å². The zero-order valence-electron chi connectivity index (χ0n) is 12.0. The summed E-state index contributed by atoms with van der Waals surface area (Å²) < 4.78 is 10.7. The molecule has 0 aromatic heterocycles. The molecule has 3 nitrogen and oxygen atoms in total. The van der Waals surface area contributed by atoms with E-state index in [1.807, 2.05) is 0 Å². The number of rotatable bonds is 9. The molecule has 2 rings (SSSR count). The van der Waals surface area contributed by atoms with Crippen LogP contribution in [0.15, 0.2) is 30.3 Å². The molecule has 1 saturated carbocycles. The number of ether oxygens (including phenoxy) is 2. The van der Waals surface area contributed by atoms with E-state index < -0.39 is 0 Å². The van der Waals surface area contributed by atoms with E-state index in [0.29, 0.717) is 31.1 Å². The van der Waals surface area contributed by atoms with Gasteiger partial charge in [0.05, 0.1) is 19.8 Å². The highest BCUT2D eigenvalue weighted by molar-refractivity contribution is 5.26. The minimum absolute atomic E-state index is 0.465. The quantitative estimate of drug-likeness (QED) is 0.694. The number of methoxy groups -OCH3 is 1. The first-order chi connectivity index (χ1) is 9.36. The van der Waals surface area contributed by atoms with E-state index in [1.165, 1.54) is 12.0 Å². The van der Waals surface area contributed by atoms with E-state index in [-0.39, 0.29) is 0 Å². The van der Waals surface area contributed by atoms with E-state index >= 15 is 0 Å². The highest BCUT2D eigenvalue weighted by Gasteiger charge is 2.43. The summed E-state index contributed by atoms with van der Waals surface area (Å²) in [5, 5.41) is 3.56. The van der Waals surface area contributed by atoms with Gasteiger partial charge in [0.1, 0.15) is 0 Å². The van der Waals surface area contributed by atoms with Gasteiger partial charge in [-0.3, -0.25) is 0 Å². The number of likely N-dealkylation sites (N-methyl/N-ethyl adjacent to an activating group) is 1. The Kier molecular flexibility index (Phi) is 5.83. The van der Waals surface area contributed by atoms with Gasteiger partial charge in [-0.05, 0) is 30.4 Å². The van der Waals surface area contributed by atoms with Crippen LogP contribution in [0.1, 0.15) is 24.8 Å². The predicted molar refractivity (Wildman–Crippen MR) is 77.4 cm³/mol. The molecule has 106 valence electrons. The fourth-order valence-corrected chi connectivity index (χ4v) is 2.69. The van der Waals surface area contributed by atoms with Gasteiger partial charge in [-0.15, -0.1) is 0 Å². The Balaban J connectivity index is 1.80. The van der Waals surface area contributed by atoms with Crippen LogP contribution in [0, 0.1) is 5.92 Å². The van der Waals surface area contributed by atoms with Crippen LogP contribution in [0.2, 0.25) is 0 Å². The maximum Gasteiger partial charge on any atom is 0.0701 e. The molecule has 3 heteroatoms. The Morgan fingerprint density at radius 2 is 2.05 bits per heavy atom. The molecule has 1 aliphatic rings. The average Bonchev–Trinajstić information content (AvgIpc) is 3.24. The maximum atomic E-state index is 5.69. The fraction of sp³-hybridized carbons (Fsp3) is 0.625. The SMILES string of the molecule is CCNC(COCCOC)C1CC1c1ccccc1. The first kappa shape index (κ1) is 14.5. The molecule has 1 aliphatic carbocycles. The van der Waals surface area contributed by atoms with Crippen molar-refractivity contribution in [3.63, 3.8) is 0 Å². The van der Waals surface area contributed by atoms with Crippen LogP contribution in [0.4, 0.5) is 0 Å². The third-order valence-corrected chi connectivity index (χ3v) is 3.78. The van der Waals surface area contributed by atoms with Gasteiger partial charge in [-0.1, -0.05) is 37.3 Å². The molecule has 3 atom stereocenters. The zero-order valence-corrected chi connectivity index (χ0v) is 12.0. The van der Waals surface area contributed by atoms with Crippen molar-refractivity contribution >= 4 is 0 Å². The van der Waals surface area contributed by atoms with Crippen LogP contribution in [0.25, 0.3) is 0 Å². The number of hydrogen-bond acceptors (Lipinski definition) is 3. The van der Waals surface area contributed by atoms with Gasteiger partial charge in [0.15, 0.2) is 0 Å². The monoisotopic (exact) mass is 263 g/mol. The Hall–Kier alpha value is -0.900. The zero-order chi connectivity index (χ0) is 13.5. The van der Waals surface area contributed by atoms with Gasteiger partial charge in [0, 0.05) is 13.2 Å². The van der Waals surface area contributed by atoms with Crippen molar-refractivity contribution in [3.05, 3.63) is 35.9 Å². The van der Waals surface area contributed by atoms with Gasteiger partial charge in [0.2, 0.25) is 0 Å². The molecule has 0 heterocycles. The summed E-state index contributed by atoms with van der Waals surface area (Å²) in [5.74, 6) is 1.42. The van der Waals surface area contributed by atoms with Gasteiger partial charge in [-0.25, -0.2) is 0 Å². The molecule has 0 saturated heterocycles. The Bertz CT molecular complexity index is 355. The van der Waals surface area contributed by atoms with Crippen LogP contribution < -0.4 is 5.32 Å². The van der Waals surface area contributed by atoms with E-state index in [2.05, 4.69) is 42.6 Å². The van der Waals surface area contributed by atoms with E-state index in [9.17, 15) is 0 Å². The van der Waals surface area contributed by atoms with Gasteiger partial charge >= 0.3 is 0 Å². The first-order valence-corrected chi connectivity index (χ1v) is 7.21. The molecule has 0 radical (unpaired) electrons. The Morgan fingerprint density at radius 3 is 2.74 bits per heavy atom. The molecule has 0 bridgehead atoms. The summed E-state index contributed by atoms with van der Waals surface area (Å²) in [5.41, 5.74) is 1.47. The highest BCUT2D eigenvalue weighted by atomic mass is 16.5. The minimum atomic E-state index is 0.465. The molecular formula is C16H25NO2. The van der Waals surface area contributed by atoms with Crippen molar-refractivity contribution in [2.75, 3.05) is 33.5 Å².